The fraction of sp³-hybridized carbons (Fsp3) is 0.154. The predicted molar refractivity (Wildman–Crippen MR) is 63.0 cm³/mol. The van der Waals surface area contributed by atoms with Crippen LogP contribution in [0.3, 0.4) is 0 Å². The summed E-state index contributed by atoms with van der Waals surface area (Å²) in [7, 11) is 2.08. The molecule has 0 unspecified atom stereocenters. The molecule has 0 aliphatic rings. The third-order valence-electron chi connectivity index (χ3n) is 2.90. The highest BCUT2D eigenvalue weighted by atomic mass is 15.0. The average Bonchev–Trinajstić information content (AvgIpc) is 2.54. The number of aromatic nitrogens is 2. The van der Waals surface area contributed by atoms with Gasteiger partial charge in [-0.3, -0.25) is 4.98 Å². The minimum atomic E-state index is 1.07. The summed E-state index contributed by atoms with van der Waals surface area (Å²) < 4.78 is 2.19. The number of pyridine rings is 1. The topological polar surface area (TPSA) is 17.8 Å². The van der Waals surface area contributed by atoms with Crippen LogP contribution in [0.1, 0.15) is 5.69 Å². The lowest BCUT2D eigenvalue weighted by atomic mass is 10.2. The van der Waals surface area contributed by atoms with E-state index in [2.05, 4.69) is 53.0 Å². The highest BCUT2D eigenvalue weighted by Crippen LogP contribution is 2.26. The zero-order valence-corrected chi connectivity index (χ0v) is 8.86. The van der Waals surface area contributed by atoms with Gasteiger partial charge in [0, 0.05) is 18.1 Å². The highest BCUT2D eigenvalue weighted by Gasteiger charge is 2.07. The second-order valence-corrected chi connectivity index (χ2v) is 3.90. The Morgan fingerprint density at radius 3 is 2.67 bits per heavy atom. The molecule has 0 saturated carbocycles. The molecule has 0 amide bonds. The number of fused-ring (bicyclic) bond motifs is 3. The van der Waals surface area contributed by atoms with Crippen molar-refractivity contribution in [2.24, 2.45) is 7.05 Å². The summed E-state index contributed by atoms with van der Waals surface area (Å²) >= 11 is 0. The largest absolute Gasteiger partial charge is 0.342 e. The molecule has 3 rings (SSSR count). The molecule has 0 N–H and O–H groups in total. The molecule has 2 heteroatoms. The number of benzene rings is 1. The van der Waals surface area contributed by atoms with E-state index in [9.17, 15) is 0 Å². The van der Waals surface area contributed by atoms with E-state index in [0.29, 0.717) is 0 Å². The summed E-state index contributed by atoms with van der Waals surface area (Å²) in [6.45, 7) is 2.03. The number of hydrogen-bond acceptors (Lipinski definition) is 1. The molecule has 0 saturated heterocycles. The van der Waals surface area contributed by atoms with Crippen LogP contribution in [0.4, 0.5) is 0 Å². The van der Waals surface area contributed by atoms with Gasteiger partial charge in [-0.1, -0.05) is 18.2 Å². The van der Waals surface area contributed by atoms with Crippen LogP contribution >= 0.6 is 0 Å². The van der Waals surface area contributed by atoms with Crippen molar-refractivity contribution in [3.8, 4) is 0 Å². The van der Waals surface area contributed by atoms with Crippen molar-refractivity contribution in [1.29, 1.82) is 0 Å². The van der Waals surface area contributed by atoms with Crippen LogP contribution in [0.15, 0.2) is 36.4 Å². The Morgan fingerprint density at radius 2 is 1.80 bits per heavy atom. The number of hydrogen-bond donors (Lipinski definition) is 0. The van der Waals surface area contributed by atoms with Crippen molar-refractivity contribution >= 4 is 21.9 Å². The van der Waals surface area contributed by atoms with Crippen LogP contribution in [-0.2, 0) is 7.05 Å². The lowest BCUT2D eigenvalue weighted by Crippen LogP contribution is -1.87. The second-order valence-electron chi connectivity index (χ2n) is 3.90. The average molecular weight is 196 g/mol. The smallest absolute Gasteiger partial charge is 0.0962 e. The lowest BCUT2D eigenvalue weighted by Gasteiger charge is -1.96. The van der Waals surface area contributed by atoms with Gasteiger partial charge in [-0.05, 0) is 25.1 Å². The first-order chi connectivity index (χ1) is 7.27. The molecule has 3 aromatic rings. The molecular weight excluding hydrogens is 184 g/mol. The maximum atomic E-state index is 4.60. The fourth-order valence-electron chi connectivity index (χ4n) is 2.11. The summed E-state index contributed by atoms with van der Waals surface area (Å²) in [5.74, 6) is 0. The van der Waals surface area contributed by atoms with Crippen LogP contribution < -0.4 is 0 Å². The third-order valence-corrected chi connectivity index (χ3v) is 2.90. The summed E-state index contributed by atoms with van der Waals surface area (Å²) in [5.41, 5.74) is 4.61. The van der Waals surface area contributed by atoms with Crippen LogP contribution in [-0.4, -0.2) is 9.55 Å². The lowest BCUT2D eigenvalue weighted by molar-refractivity contribution is 1.01. The van der Waals surface area contributed by atoms with Gasteiger partial charge < -0.3 is 4.57 Å². The molecule has 0 atom stereocenters. The summed E-state index contributed by atoms with van der Waals surface area (Å²) in [4.78, 5) is 4.60. The van der Waals surface area contributed by atoms with Crippen molar-refractivity contribution in [1.82, 2.24) is 9.55 Å². The van der Waals surface area contributed by atoms with E-state index in [-0.39, 0.29) is 0 Å². The van der Waals surface area contributed by atoms with E-state index in [1.807, 2.05) is 6.92 Å². The van der Waals surface area contributed by atoms with Crippen LogP contribution in [0.2, 0.25) is 0 Å². The highest BCUT2D eigenvalue weighted by molar-refractivity contribution is 6.05. The van der Waals surface area contributed by atoms with Gasteiger partial charge in [-0.15, -0.1) is 0 Å². The van der Waals surface area contributed by atoms with Crippen molar-refractivity contribution in [3.05, 3.63) is 42.1 Å². The number of aryl methyl sites for hydroxylation is 2. The van der Waals surface area contributed by atoms with E-state index >= 15 is 0 Å². The zero-order valence-electron chi connectivity index (χ0n) is 8.86. The Morgan fingerprint density at radius 1 is 1.00 bits per heavy atom. The van der Waals surface area contributed by atoms with Crippen LogP contribution in [0, 0.1) is 6.92 Å². The summed E-state index contributed by atoms with van der Waals surface area (Å²) in [5, 5.41) is 1.23. The number of rotatable bonds is 0. The van der Waals surface area contributed by atoms with Gasteiger partial charge in [-0.2, -0.15) is 0 Å². The van der Waals surface area contributed by atoms with Crippen molar-refractivity contribution in [3.63, 3.8) is 0 Å². The van der Waals surface area contributed by atoms with E-state index in [0.717, 1.165) is 11.2 Å². The van der Waals surface area contributed by atoms with Gasteiger partial charge in [0.2, 0.25) is 0 Å². The Kier molecular flexibility index (Phi) is 1.60. The standard InChI is InChI=1S/C13H12N2/c1-9-7-8-12-13(14-9)10-5-3-4-6-11(10)15(12)2/h3-8H,1-2H3. The SMILES string of the molecule is Cc1ccc2c(n1)c1ccccc1n2C. The first-order valence-corrected chi connectivity index (χ1v) is 5.08. The van der Waals surface area contributed by atoms with Gasteiger partial charge >= 0.3 is 0 Å². The molecule has 2 heterocycles. The Labute approximate surface area is 88.2 Å². The van der Waals surface area contributed by atoms with Gasteiger partial charge in [-0.25, -0.2) is 0 Å². The maximum Gasteiger partial charge on any atom is 0.0962 e. The van der Waals surface area contributed by atoms with E-state index in [1.165, 1.54) is 16.4 Å². The van der Waals surface area contributed by atoms with Gasteiger partial charge in [0.05, 0.1) is 16.6 Å². The van der Waals surface area contributed by atoms with E-state index in [4.69, 9.17) is 0 Å². The normalized spacial score (nSPS) is 11.3. The summed E-state index contributed by atoms with van der Waals surface area (Å²) in [6.07, 6.45) is 0. The molecule has 0 bridgehead atoms. The molecule has 0 fully saturated rings. The molecule has 2 nitrogen and oxygen atoms in total. The first-order valence-electron chi connectivity index (χ1n) is 5.08. The predicted octanol–water partition coefficient (Wildman–Crippen LogP) is 3.03. The third kappa shape index (κ3) is 1.08. The monoisotopic (exact) mass is 196 g/mol. The van der Waals surface area contributed by atoms with Crippen LogP contribution in [0.5, 0.6) is 0 Å². The molecule has 0 radical (unpaired) electrons. The number of para-hydroxylation sites is 1. The number of nitrogens with zero attached hydrogens (tertiary/aromatic N) is 2. The quantitative estimate of drug-likeness (QED) is 0.540. The van der Waals surface area contributed by atoms with E-state index in [1.54, 1.807) is 0 Å². The Balaban J connectivity index is 2.64. The molecule has 1 aromatic carbocycles. The van der Waals surface area contributed by atoms with Crippen molar-refractivity contribution < 1.29 is 0 Å². The molecule has 0 aliphatic carbocycles. The van der Waals surface area contributed by atoms with Gasteiger partial charge in [0.25, 0.3) is 0 Å². The molecular formula is C13H12N2. The first kappa shape index (κ1) is 8.48. The van der Waals surface area contributed by atoms with E-state index < -0.39 is 0 Å². The van der Waals surface area contributed by atoms with Gasteiger partial charge in [0.15, 0.2) is 0 Å². The molecule has 15 heavy (non-hydrogen) atoms. The van der Waals surface area contributed by atoms with Gasteiger partial charge in [0.1, 0.15) is 0 Å². The Hall–Kier alpha value is -1.83. The maximum absolute atomic E-state index is 4.60. The molecule has 0 aliphatic heterocycles. The zero-order chi connectivity index (χ0) is 10.4. The Bertz CT molecular complexity index is 650. The van der Waals surface area contributed by atoms with Crippen LogP contribution in [0.25, 0.3) is 21.9 Å². The van der Waals surface area contributed by atoms with Crippen molar-refractivity contribution in [2.75, 3.05) is 0 Å². The fourth-order valence-corrected chi connectivity index (χ4v) is 2.11. The minimum absolute atomic E-state index is 1.07. The second kappa shape index (κ2) is 2.83. The molecule has 0 spiro atoms. The molecule has 2 aromatic heterocycles. The van der Waals surface area contributed by atoms with Crippen molar-refractivity contribution in [2.45, 2.75) is 6.92 Å². The minimum Gasteiger partial charge on any atom is -0.342 e. The molecule has 74 valence electrons. The summed E-state index contributed by atoms with van der Waals surface area (Å²) in [6, 6.07) is 12.6.